The molecule has 0 aromatic carbocycles. The Bertz CT molecular complexity index is 669. The third kappa shape index (κ3) is 2.64. The molecule has 4 nitrogen and oxygen atoms in total. The number of rotatable bonds is 4. The number of aromatic nitrogens is 1. The van der Waals surface area contributed by atoms with Crippen LogP contribution in [-0.4, -0.2) is 16.1 Å². The average Bonchev–Trinajstić information content (AvgIpc) is 3.03. The lowest BCUT2D eigenvalue weighted by Gasteiger charge is -2.10. The SMILES string of the molecule is O=C(O)c1cc2c(nc1NCc1ccc(Cl)s1)CCC2. The molecule has 0 fully saturated rings. The van der Waals surface area contributed by atoms with Gasteiger partial charge in [0.15, 0.2) is 0 Å². The topological polar surface area (TPSA) is 62.2 Å². The second kappa shape index (κ2) is 5.42. The van der Waals surface area contributed by atoms with E-state index in [2.05, 4.69) is 10.3 Å². The molecule has 0 radical (unpaired) electrons. The molecule has 0 bridgehead atoms. The Morgan fingerprint density at radius 3 is 3.00 bits per heavy atom. The fourth-order valence-electron chi connectivity index (χ4n) is 2.39. The van der Waals surface area contributed by atoms with E-state index in [1.807, 2.05) is 12.1 Å². The summed E-state index contributed by atoms with van der Waals surface area (Å²) < 4.78 is 0.724. The van der Waals surface area contributed by atoms with E-state index in [1.54, 1.807) is 6.07 Å². The van der Waals surface area contributed by atoms with Crippen LogP contribution >= 0.6 is 22.9 Å². The van der Waals surface area contributed by atoms with Crippen molar-refractivity contribution in [1.29, 1.82) is 0 Å². The van der Waals surface area contributed by atoms with Crippen molar-refractivity contribution in [3.63, 3.8) is 0 Å². The number of thiophene rings is 1. The molecule has 2 aromatic heterocycles. The summed E-state index contributed by atoms with van der Waals surface area (Å²) in [7, 11) is 0. The molecule has 3 rings (SSSR count). The molecule has 1 aliphatic rings. The Balaban J connectivity index is 1.86. The van der Waals surface area contributed by atoms with Crippen LogP contribution in [-0.2, 0) is 19.4 Å². The van der Waals surface area contributed by atoms with Gasteiger partial charge in [-0.25, -0.2) is 9.78 Å². The number of carbonyl (C=O) groups is 1. The van der Waals surface area contributed by atoms with Crippen LogP contribution in [0.4, 0.5) is 5.82 Å². The minimum absolute atomic E-state index is 0.244. The van der Waals surface area contributed by atoms with Crippen molar-refractivity contribution in [3.8, 4) is 0 Å². The van der Waals surface area contributed by atoms with Crippen molar-refractivity contribution in [2.75, 3.05) is 5.32 Å². The first kappa shape index (κ1) is 13.4. The summed E-state index contributed by atoms with van der Waals surface area (Å²) in [4.78, 5) is 16.9. The molecule has 2 heterocycles. The molecular formula is C14H13ClN2O2S. The molecule has 0 spiro atoms. The van der Waals surface area contributed by atoms with Gasteiger partial charge in [-0.2, -0.15) is 0 Å². The number of aromatic carboxylic acids is 1. The van der Waals surface area contributed by atoms with Gasteiger partial charge in [-0.05, 0) is 43.0 Å². The largest absolute Gasteiger partial charge is 0.478 e. The highest BCUT2D eigenvalue weighted by molar-refractivity contribution is 7.16. The maximum Gasteiger partial charge on any atom is 0.339 e. The standard InChI is InChI=1S/C14H13ClN2O2S/c15-12-5-4-9(20-12)7-16-13-10(14(18)19)6-8-2-1-3-11(8)17-13/h4-6H,1-3,7H2,(H,16,17)(H,18,19). The number of anilines is 1. The molecule has 0 amide bonds. The first-order valence-corrected chi connectivity index (χ1v) is 7.57. The zero-order valence-electron chi connectivity index (χ0n) is 10.6. The predicted molar refractivity (Wildman–Crippen MR) is 79.9 cm³/mol. The number of aryl methyl sites for hydroxylation is 2. The number of hydrogen-bond acceptors (Lipinski definition) is 4. The lowest BCUT2D eigenvalue weighted by atomic mass is 10.1. The summed E-state index contributed by atoms with van der Waals surface area (Å²) in [5.74, 6) is -0.499. The molecule has 1 aliphatic carbocycles. The molecular weight excluding hydrogens is 296 g/mol. The highest BCUT2D eigenvalue weighted by Crippen LogP contribution is 2.27. The maximum atomic E-state index is 11.3. The Hall–Kier alpha value is -1.59. The number of pyridine rings is 1. The summed E-state index contributed by atoms with van der Waals surface area (Å²) in [5.41, 5.74) is 2.32. The van der Waals surface area contributed by atoms with E-state index in [0.717, 1.165) is 39.7 Å². The van der Waals surface area contributed by atoms with Crippen molar-refractivity contribution >= 4 is 34.7 Å². The molecule has 0 aliphatic heterocycles. The first-order valence-electron chi connectivity index (χ1n) is 6.37. The normalized spacial score (nSPS) is 13.2. The minimum atomic E-state index is -0.945. The molecule has 2 aromatic rings. The molecule has 20 heavy (non-hydrogen) atoms. The van der Waals surface area contributed by atoms with Gasteiger partial charge >= 0.3 is 5.97 Å². The Morgan fingerprint density at radius 1 is 1.45 bits per heavy atom. The summed E-state index contributed by atoms with van der Waals surface area (Å²) >= 11 is 7.36. The second-order valence-electron chi connectivity index (χ2n) is 4.71. The predicted octanol–water partition coefficient (Wildman–Crippen LogP) is 3.60. The van der Waals surface area contributed by atoms with Crippen molar-refractivity contribution in [2.24, 2.45) is 0 Å². The van der Waals surface area contributed by atoms with Gasteiger partial charge in [-0.1, -0.05) is 11.6 Å². The minimum Gasteiger partial charge on any atom is -0.478 e. The van der Waals surface area contributed by atoms with E-state index in [1.165, 1.54) is 11.3 Å². The van der Waals surface area contributed by atoms with Crippen LogP contribution in [0.3, 0.4) is 0 Å². The quantitative estimate of drug-likeness (QED) is 0.906. The Morgan fingerprint density at radius 2 is 2.30 bits per heavy atom. The fourth-order valence-corrected chi connectivity index (χ4v) is 3.41. The van der Waals surface area contributed by atoms with Gasteiger partial charge in [0, 0.05) is 10.6 Å². The average molecular weight is 309 g/mol. The monoisotopic (exact) mass is 308 g/mol. The second-order valence-corrected chi connectivity index (χ2v) is 6.51. The molecule has 2 N–H and O–H groups in total. The Kier molecular flexibility index (Phi) is 3.63. The molecule has 0 unspecified atom stereocenters. The first-order chi connectivity index (χ1) is 9.63. The highest BCUT2D eigenvalue weighted by atomic mass is 35.5. The van der Waals surface area contributed by atoms with Gasteiger partial charge in [0.1, 0.15) is 11.4 Å². The smallest absolute Gasteiger partial charge is 0.339 e. The summed E-state index contributed by atoms with van der Waals surface area (Å²) in [6, 6.07) is 5.51. The summed E-state index contributed by atoms with van der Waals surface area (Å²) in [5, 5.41) is 12.4. The molecule has 0 atom stereocenters. The van der Waals surface area contributed by atoms with E-state index in [4.69, 9.17) is 11.6 Å². The van der Waals surface area contributed by atoms with Gasteiger partial charge < -0.3 is 10.4 Å². The number of carboxylic acids is 1. The van der Waals surface area contributed by atoms with Gasteiger partial charge in [0.25, 0.3) is 0 Å². The number of nitrogens with zero attached hydrogens (tertiary/aromatic N) is 1. The van der Waals surface area contributed by atoms with E-state index >= 15 is 0 Å². The molecule has 0 saturated heterocycles. The van der Waals surface area contributed by atoms with E-state index in [-0.39, 0.29) is 5.56 Å². The third-order valence-corrected chi connectivity index (χ3v) is 4.57. The van der Waals surface area contributed by atoms with Crippen molar-refractivity contribution < 1.29 is 9.90 Å². The van der Waals surface area contributed by atoms with Crippen LogP contribution in [0.5, 0.6) is 0 Å². The van der Waals surface area contributed by atoms with E-state index in [9.17, 15) is 9.90 Å². The third-order valence-electron chi connectivity index (χ3n) is 3.34. The van der Waals surface area contributed by atoms with E-state index in [0.29, 0.717) is 12.4 Å². The molecule has 0 saturated carbocycles. The lowest BCUT2D eigenvalue weighted by molar-refractivity contribution is 0.0697. The van der Waals surface area contributed by atoms with Gasteiger partial charge in [0.05, 0.1) is 10.9 Å². The van der Waals surface area contributed by atoms with Gasteiger partial charge in [-0.15, -0.1) is 11.3 Å². The van der Waals surface area contributed by atoms with Crippen LogP contribution in [0.1, 0.15) is 32.9 Å². The van der Waals surface area contributed by atoms with Crippen molar-refractivity contribution in [2.45, 2.75) is 25.8 Å². The summed E-state index contributed by atoms with van der Waals surface area (Å²) in [6.45, 7) is 0.531. The number of hydrogen-bond donors (Lipinski definition) is 2. The lowest BCUT2D eigenvalue weighted by Crippen LogP contribution is -2.10. The highest BCUT2D eigenvalue weighted by Gasteiger charge is 2.19. The zero-order chi connectivity index (χ0) is 14.1. The fraction of sp³-hybridized carbons (Fsp3) is 0.286. The van der Waals surface area contributed by atoms with Crippen LogP contribution in [0.15, 0.2) is 18.2 Å². The van der Waals surface area contributed by atoms with Crippen LogP contribution in [0, 0.1) is 0 Å². The van der Waals surface area contributed by atoms with Crippen LogP contribution in [0.25, 0.3) is 0 Å². The van der Waals surface area contributed by atoms with Crippen LogP contribution < -0.4 is 5.32 Å². The molecule has 104 valence electrons. The maximum absolute atomic E-state index is 11.3. The van der Waals surface area contributed by atoms with Gasteiger partial charge in [0.2, 0.25) is 0 Å². The Labute approximate surface area is 125 Å². The summed E-state index contributed by atoms with van der Waals surface area (Å²) in [6.07, 6.45) is 2.89. The number of fused-ring (bicyclic) bond motifs is 1. The number of nitrogens with one attached hydrogen (secondary N) is 1. The van der Waals surface area contributed by atoms with Crippen molar-refractivity contribution in [3.05, 3.63) is 44.2 Å². The van der Waals surface area contributed by atoms with Gasteiger partial charge in [-0.3, -0.25) is 0 Å². The van der Waals surface area contributed by atoms with E-state index < -0.39 is 5.97 Å². The zero-order valence-corrected chi connectivity index (χ0v) is 12.2. The molecule has 6 heteroatoms. The number of halogens is 1. The van der Waals surface area contributed by atoms with Crippen molar-refractivity contribution in [1.82, 2.24) is 4.98 Å². The van der Waals surface area contributed by atoms with Crippen LogP contribution in [0.2, 0.25) is 4.34 Å². The number of carboxylic acid groups (broad SMARTS) is 1.